The third kappa shape index (κ3) is 1.53. The summed E-state index contributed by atoms with van der Waals surface area (Å²) < 4.78 is 10.7. The van der Waals surface area contributed by atoms with E-state index in [9.17, 15) is 4.79 Å². The minimum atomic E-state index is -0.413. The fourth-order valence-corrected chi connectivity index (χ4v) is 3.00. The summed E-state index contributed by atoms with van der Waals surface area (Å²) in [4.78, 5) is 12.1. The van der Waals surface area contributed by atoms with Gasteiger partial charge in [0, 0.05) is 0 Å². The number of rotatable bonds is 2. The first-order valence-corrected chi connectivity index (χ1v) is 6.10. The molecule has 0 atom stereocenters. The minimum Gasteiger partial charge on any atom is -0.497 e. The van der Waals surface area contributed by atoms with E-state index in [-0.39, 0.29) is 12.1 Å². The van der Waals surface area contributed by atoms with E-state index < -0.39 is 5.41 Å². The van der Waals surface area contributed by atoms with E-state index >= 15 is 0 Å². The monoisotopic (exact) mass is 232 g/mol. The lowest BCUT2D eigenvalue weighted by atomic mass is 9.66. The topological polar surface area (TPSA) is 35.5 Å². The molecule has 3 heteroatoms. The van der Waals surface area contributed by atoms with E-state index in [2.05, 4.69) is 0 Å². The maximum absolute atomic E-state index is 12.1. The molecular weight excluding hydrogens is 216 g/mol. The lowest BCUT2D eigenvalue weighted by Gasteiger charge is -2.44. The normalized spacial score (nSPS) is 31.1. The van der Waals surface area contributed by atoms with Crippen molar-refractivity contribution in [1.82, 2.24) is 0 Å². The fourth-order valence-electron chi connectivity index (χ4n) is 3.00. The zero-order chi connectivity index (χ0) is 11.9. The van der Waals surface area contributed by atoms with E-state index in [4.69, 9.17) is 9.47 Å². The van der Waals surface area contributed by atoms with Crippen LogP contribution in [-0.2, 0) is 14.9 Å². The second-order valence-electron chi connectivity index (χ2n) is 4.92. The highest BCUT2D eigenvalue weighted by atomic mass is 16.5. The largest absolute Gasteiger partial charge is 0.497 e. The van der Waals surface area contributed by atoms with Crippen LogP contribution in [0.2, 0.25) is 0 Å². The summed E-state index contributed by atoms with van der Waals surface area (Å²) in [6, 6.07) is 7.82. The van der Waals surface area contributed by atoms with Gasteiger partial charge in [0.2, 0.25) is 0 Å². The molecule has 1 saturated carbocycles. The van der Waals surface area contributed by atoms with Crippen LogP contribution in [0.3, 0.4) is 0 Å². The SMILES string of the molecule is COc1cccc(C23CCC(CC2)OC3=O)c1. The number of hydrogen-bond acceptors (Lipinski definition) is 3. The van der Waals surface area contributed by atoms with Crippen LogP contribution in [0.15, 0.2) is 24.3 Å². The van der Waals surface area contributed by atoms with Crippen LogP contribution in [0, 0.1) is 0 Å². The van der Waals surface area contributed by atoms with Crippen LogP contribution in [-0.4, -0.2) is 19.2 Å². The predicted octanol–water partition coefficient (Wildman–Crippen LogP) is 2.43. The Balaban J connectivity index is 2.03. The van der Waals surface area contributed by atoms with Gasteiger partial charge in [0.25, 0.3) is 0 Å². The Bertz CT molecular complexity index is 445. The van der Waals surface area contributed by atoms with Gasteiger partial charge in [-0.3, -0.25) is 4.79 Å². The highest BCUT2D eigenvalue weighted by Gasteiger charge is 2.50. The van der Waals surface area contributed by atoms with Crippen molar-refractivity contribution >= 4 is 5.97 Å². The molecule has 2 saturated heterocycles. The number of carbonyl (C=O) groups excluding carboxylic acids is 1. The van der Waals surface area contributed by atoms with E-state index in [1.807, 2.05) is 24.3 Å². The molecule has 2 aliphatic heterocycles. The van der Waals surface area contributed by atoms with Crippen molar-refractivity contribution in [1.29, 1.82) is 0 Å². The number of carbonyl (C=O) groups is 1. The lowest BCUT2D eigenvalue weighted by molar-refractivity contribution is -0.172. The van der Waals surface area contributed by atoms with Crippen LogP contribution >= 0.6 is 0 Å². The molecule has 3 nitrogen and oxygen atoms in total. The fraction of sp³-hybridized carbons (Fsp3) is 0.500. The smallest absolute Gasteiger partial charge is 0.316 e. The Labute approximate surface area is 101 Å². The summed E-state index contributed by atoms with van der Waals surface area (Å²) in [6.45, 7) is 0. The number of fused-ring (bicyclic) bond motifs is 3. The molecule has 1 aromatic rings. The van der Waals surface area contributed by atoms with Crippen molar-refractivity contribution < 1.29 is 14.3 Å². The Morgan fingerprint density at radius 2 is 2.12 bits per heavy atom. The van der Waals surface area contributed by atoms with Crippen LogP contribution < -0.4 is 4.74 Å². The summed E-state index contributed by atoms with van der Waals surface area (Å²) in [5, 5.41) is 0. The molecule has 4 rings (SSSR count). The molecule has 1 aliphatic carbocycles. The van der Waals surface area contributed by atoms with Gasteiger partial charge in [-0.2, -0.15) is 0 Å². The molecule has 0 radical (unpaired) electrons. The average Bonchev–Trinajstić information content (AvgIpc) is 2.40. The summed E-state index contributed by atoms with van der Waals surface area (Å²) in [5.41, 5.74) is 0.628. The standard InChI is InChI=1S/C14H16O3/c1-16-12-4-2-3-10(9-12)14-7-5-11(6-8-14)17-13(14)15/h2-4,9,11H,5-8H2,1H3. The van der Waals surface area contributed by atoms with Crippen molar-refractivity contribution in [2.75, 3.05) is 7.11 Å². The first-order valence-electron chi connectivity index (χ1n) is 6.10. The van der Waals surface area contributed by atoms with Gasteiger partial charge >= 0.3 is 5.97 Å². The quantitative estimate of drug-likeness (QED) is 0.735. The molecular formula is C14H16O3. The summed E-state index contributed by atoms with van der Waals surface area (Å²) in [5.74, 6) is 0.755. The highest BCUT2D eigenvalue weighted by molar-refractivity contribution is 5.85. The average molecular weight is 232 g/mol. The number of esters is 1. The molecule has 90 valence electrons. The first-order chi connectivity index (χ1) is 8.24. The first kappa shape index (κ1) is 10.6. The van der Waals surface area contributed by atoms with Crippen LogP contribution in [0.4, 0.5) is 0 Å². The molecule has 0 amide bonds. The van der Waals surface area contributed by atoms with Crippen molar-refractivity contribution in [3.63, 3.8) is 0 Å². The number of hydrogen-bond donors (Lipinski definition) is 0. The number of methoxy groups -OCH3 is 1. The number of ether oxygens (including phenoxy) is 2. The molecule has 3 fully saturated rings. The maximum atomic E-state index is 12.1. The molecule has 0 spiro atoms. The zero-order valence-electron chi connectivity index (χ0n) is 9.94. The van der Waals surface area contributed by atoms with Crippen molar-refractivity contribution in [3.05, 3.63) is 29.8 Å². The summed E-state index contributed by atoms with van der Waals surface area (Å²) in [6.07, 6.45) is 3.95. The Morgan fingerprint density at radius 3 is 2.76 bits per heavy atom. The van der Waals surface area contributed by atoms with Gasteiger partial charge in [0.1, 0.15) is 11.9 Å². The van der Waals surface area contributed by atoms with Gasteiger partial charge in [-0.05, 0) is 43.4 Å². The minimum absolute atomic E-state index is 0.0479. The Hall–Kier alpha value is -1.51. The van der Waals surface area contributed by atoms with Crippen LogP contribution in [0.5, 0.6) is 5.75 Å². The van der Waals surface area contributed by atoms with E-state index in [1.165, 1.54) is 0 Å². The van der Waals surface area contributed by atoms with Crippen molar-refractivity contribution in [2.45, 2.75) is 37.2 Å². The third-order valence-electron chi connectivity index (χ3n) is 4.07. The van der Waals surface area contributed by atoms with Gasteiger partial charge in [-0.15, -0.1) is 0 Å². The molecule has 0 aromatic heterocycles. The molecule has 17 heavy (non-hydrogen) atoms. The highest BCUT2D eigenvalue weighted by Crippen LogP contribution is 2.46. The van der Waals surface area contributed by atoms with Crippen molar-refractivity contribution in [3.8, 4) is 5.75 Å². The number of benzene rings is 1. The molecule has 2 bridgehead atoms. The van der Waals surface area contributed by atoms with E-state index in [0.717, 1.165) is 37.0 Å². The maximum Gasteiger partial charge on any atom is 0.316 e. The summed E-state index contributed by atoms with van der Waals surface area (Å²) in [7, 11) is 1.65. The zero-order valence-corrected chi connectivity index (χ0v) is 9.94. The van der Waals surface area contributed by atoms with Crippen LogP contribution in [0.1, 0.15) is 31.2 Å². The summed E-state index contributed by atoms with van der Waals surface area (Å²) >= 11 is 0. The third-order valence-corrected chi connectivity index (χ3v) is 4.07. The lowest BCUT2D eigenvalue weighted by Crippen LogP contribution is -2.49. The molecule has 2 heterocycles. The van der Waals surface area contributed by atoms with E-state index in [1.54, 1.807) is 7.11 Å². The van der Waals surface area contributed by atoms with E-state index in [0.29, 0.717) is 0 Å². The van der Waals surface area contributed by atoms with Gasteiger partial charge in [-0.1, -0.05) is 12.1 Å². The van der Waals surface area contributed by atoms with Crippen molar-refractivity contribution in [2.24, 2.45) is 0 Å². The molecule has 0 unspecified atom stereocenters. The molecule has 3 aliphatic rings. The van der Waals surface area contributed by atoms with Gasteiger partial charge < -0.3 is 9.47 Å². The second kappa shape index (κ2) is 3.76. The Morgan fingerprint density at radius 1 is 1.35 bits per heavy atom. The second-order valence-corrected chi connectivity index (χ2v) is 4.92. The molecule has 1 aromatic carbocycles. The van der Waals surface area contributed by atoms with Crippen LogP contribution in [0.25, 0.3) is 0 Å². The van der Waals surface area contributed by atoms with Gasteiger partial charge in [-0.25, -0.2) is 0 Å². The Kier molecular flexibility index (Phi) is 2.35. The van der Waals surface area contributed by atoms with Gasteiger partial charge in [0.05, 0.1) is 12.5 Å². The molecule has 0 N–H and O–H groups in total. The predicted molar refractivity (Wildman–Crippen MR) is 63.0 cm³/mol. The van der Waals surface area contributed by atoms with Gasteiger partial charge in [0.15, 0.2) is 0 Å².